The molecule has 0 aromatic rings. The summed E-state index contributed by atoms with van der Waals surface area (Å²) in [5.41, 5.74) is -0.572. The minimum absolute atomic E-state index is 0.0105. The first-order valence-electron chi connectivity index (χ1n) is 6.78. The third-order valence-corrected chi connectivity index (χ3v) is 4.20. The number of hydrogen-bond acceptors (Lipinski definition) is 3. The number of hydrogen-bond donors (Lipinski definition) is 2. The van der Waals surface area contributed by atoms with Crippen LogP contribution in [0.1, 0.15) is 40.0 Å². The van der Waals surface area contributed by atoms with Crippen LogP contribution in [0.2, 0.25) is 0 Å². The Balaban J connectivity index is 2.66. The molecule has 0 aromatic heterocycles. The molecule has 0 aliphatic heterocycles. The lowest BCUT2D eigenvalue weighted by Crippen LogP contribution is -2.58. The van der Waals surface area contributed by atoms with Crippen molar-refractivity contribution in [2.45, 2.75) is 45.6 Å². The van der Waals surface area contributed by atoms with Crippen LogP contribution in [0.5, 0.6) is 0 Å². The molecule has 0 saturated heterocycles. The van der Waals surface area contributed by atoms with E-state index in [4.69, 9.17) is 0 Å². The fourth-order valence-electron chi connectivity index (χ4n) is 2.60. The van der Waals surface area contributed by atoms with Gasteiger partial charge in [0.1, 0.15) is 5.92 Å². The number of nitrogens with one attached hydrogen (secondary N) is 1. The van der Waals surface area contributed by atoms with Gasteiger partial charge in [-0.2, -0.15) is 0 Å². The van der Waals surface area contributed by atoms with E-state index in [0.29, 0.717) is 6.54 Å². The molecule has 0 aromatic carbocycles. The SMILES string of the molecule is CN(C)C1(CNC(=O)C(C(=O)O)C(C)(C)C)CCC1. The molecule has 1 atom stereocenters. The number of amides is 1. The quantitative estimate of drug-likeness (QED) is 0.740. The first-order valence-corrected chi connectivity index (χ1v) is 6.78. The molecule has 5 heteroatoms. The summed E-state index contributed by atoms with van der Waals surface area (Å²) in [6.07, 6.45) is 3.26. The fraction of sp³-hybridized carbons (Fsp3) is 0.857. The Labute approximate surface area is 115 Å². The first-order chi connectivity index (χ1) is 8.60. The Bertz CT molecular complexity index is 354. The topological polar surface area (TPSA) is 69.6 Å². The van der Waals surface area contributed by atoms with Crippen LogP contribution in [0.4, 0.5) is 0 Å². The molecule has 5 nitrogen and oxygen atoms in total. The average Bonchev–Trinajstić information content (AvgIpc) is 2.11. The Hall–Kier alpha value is -1.10. The lowest BCUT2D eigenvalue weighted by atomic mass is 9.75. The molecule has 1 fully saturated rings. The van der Waals surface area contributed by atoms with E-state index in [1.807, 2.05) is 14.1 Å². The first kappa shape index (κ1) is 16.0. The summed E-state index contributed by atoms with van der Waals surface area (Å²) in [6.45, 7) is 5.85. The van der Waals surface area contributed by atoms with E-state index in [9.17, 15) is 14.7 Å². The molecule has 0 radical (unpaired) electrons. The van der Waals surface area contributed by atoms with Gasteiger partial charge in [-0.3, -0.25) is 9.59 Å². The smallest absolute Gasteiger partial charge is 0.316 e. The highest BCUT2D eigenvalue weighted by molar-refractivity contribution is 5.97. The maximum absolute atomic E-state index is 12.1. The summed E-state index contributed by atoms with van der Waals surface area (Å²) in [7, 11) is 4.01. The largest absolute Gasteiger partial charge is 0.481 e. The van der Waals surface area contributed by atoms with Gasteiger partial charge in [0.2, 0.25) is 5.91 Å². The summed E-state index contributed by atoms with van der Waals surface area (Å²) in [5, 5.41) is 12.1. The van der Waals surface area contributed by atoms with E-state index in [-0.39, 0.29) is 11.4 Å². The molecule has 1 saturated carbocycles. The molecular weight excluding hydrogens is 244 g/mol. The van der Waals surface area contributed by atoms with Gasteiger partial charge in [-0.25, -0.2) is 0 Å². The van der Waals surface area contributed by atoms with E-state index < -0.39 is 17.3 Å². The highest BCUT2D eigenvalue weighted by Crippen LogP contribution is 2.35. The molecule has 19 heavy (non-hydrogen) atoms. The van der Waals surface area contributed by atoms with Crippen molar-refractivity contribution < 1.29 is 14.7 Å². The zero-order valence-electron chi connectivity index (χ0n) is 12.6. The van der Waals surface area contributed by atoms with Gasteiger partial charge in [-0.15, -0.1) is 0 Å². The summed E-state index contributed by atoms with van der Waals surface area (Å²) >= 11 is 0. The second kappa shape index (κ2) is 5.49. The van der Waals surface area contributed by atoms with Gasteiger partial charge in [-0.1, -0.05) is 20.8 Å². The van der Waals surface area contributed by atoms with Crippen molar-refractivity contribution in [1.29, 1.82) is 0 Å². The third-order valence-electron chi connectivity index (χ3n) is 4.20. The minimum Gasteiger partial charge on any atom is -0.481 e. The highest BCUT2D eigenvalue weighted by atomic mass is 16.4. The zero-order valence-corrected chi connectivity index (χ0v) is 12.6. The molecule has 1 rings (SSSR count). The standard InChI is InChI=1S/C14H26N2O3/c1-13(2,3)10(12(18)19)11(17)15-9-14(16(4)5)7-6-8-14/h10H,6-9H2,1-5H3,(H,15,17)(H,18,19). The molecular formula is C14H26N2O3. The lowest BCUT2D eigenvalue weighted by Gasteiger charge is -2.47. The fourth-order valence-corrected chi connectivity index (χ4v) is 2.60. The molecule has 0 spiro atoms. The predicted molar refractivity (Wildman–Crippen MR) is 73.9 cm³/mol. The van der Waals surface area contributed by atoms with E-state index in [1.165, 1.54) is 0 Å². The number of nitrogens with zero attached hydrogens (tertiary/aromatic N) is 1. The van der Waals surface area contributed by atoms with Crippen molar-refractivity contribution in [3.63, 3.8) is 0 Å². The molecule has 110 valence electrons. The van der Waals surface area contributed by atoms with Crippen LogP contribution >= 0.6 is 0 Å². The maximum Gasteiger partial charge on any atom is 0.316 e. The van der Waals surface area contributed by atoms with Crippen molar-refractivity contribution in [2.24, 2.45) is 11.3 Å². The zero-order chi connectivity index (χ0) is 14.8. The summed E-state index contributed by atoms with van der Waals surface area (Å²) in [4.78, 5) is 25.5. The van der Waals surface area contributed by atoms with Crippen LogP contribution in [0.15, 0.2) is 0 Å². The lowest BCUT2D eigenvalue weighted by molar-refractivity contribution is -0.151. The van der Waals surface area contributed by atoms with Crippen molar-refractivity contribution >= 4 is 11.9 Å². The van der Waals surface area contributed by atoms with Crippen LogP contribution < -0.4 is 5.32 Å². The number of carbonyl (C=O) groups excluding carboxylic acids is 1. The number of carboxylic acids is 1. The monoisotopic (exact) mass is 270 g/mol. The molecule has 1 aliphatic carbocycles. The van der Waals surface area contributed by atoms with Gasteiger partial charge >= 0.3 is 5.97 Å². The Morgan fingerprint density at radius 1 is 1.32 bits per heavy atom. The highest BCUT2D eigenvalue weighted by Gasteiger charge is 2.42. The second-order valence-electron chi connectivity index (χ2n) is 6.83. The van der Waals surface area contributed by atoms with Crippen molar-refractivity contribution in [3.05, 3.63) is 0 Å². The third kappa shape index (κ3) is 3.47. The maximum atomic E-state index is 12.1. The van der Waals surface area contributed by atoms with Gasteiger partial charge < -0.3 is 15.3 Å². The van der Waals surface area contributed by atoms with Gasteiger partial charge in [0.15, 0.2) is 0 Å². The van der Waals surface area contributed by atoms with E-state index >= 15 is 0 Å². The molecule has 2 N–H and O–H groups in total. The predicted octanol–water partition coefficient (Wildman–Crippen LogP) is 1.33. The van der Waals surface area contributed by atoms with Gasteiger partial charge in [0.05, 0.1) is 0 Å². The van der Waals surface area contributed by atoms with Crippen LogP contribution in [-0.4, -0.2) is 48.1 Å². The minimum atomic E-state index is -1.06. The Kier molecular flexibility index (Phi) is 4.61. The van der Waals surface area contributed by atoms with Crippen LogP contribution in [0.3, 0.4) is 0 Å². The second-order valence-corrected chi connectivity index (χ2v) is 6.83. The Morgan fingerprint density at radius 3 is 2.11 bits per heavy atom. The molecule has 1 aliphatic rings. The summed E-state index contributed by atoms with van der Waals surface area (Å²) in [6, 6.07) is 0. The van der Waals surface area contributed by atoms with Crippen LogP contribution in [0, 0.1) is 11.3 Å². The number of carboxylic acid groups (broad SMARTS) is 1. The normalized spacial score (nSPS) is 19.7. The number of rotatable bonds is 5. The Morgan fingerprint density at radius 2 is 1.84 bits per heavy atom. The van der Waals surface area contributed by atoms with Gasteiger partial charge in [0.25, 0.3) is 0 Å². The van der Waals surface area contributed by atoms with Crippen LogP contribution in [-0.2, 0) is 9.59 Å². The van der Waals surface area contributed by atoms with Gasteiger partial charge in [-0.05, 0) is 38.8 Å². The average molecular weight is 270 g/mol. The summed E-state index contributed by atoms with van der Waals surface area (Å²) < 4.78 is 0. The van der Waals surface area contributed by atoms with E-state index in [0.717, 1.165) is 19.3 Å². The van der Waals surface area contributed by atoms with Crippen LogP contribution in [0.25, 0.3) is 0 Å². The number of aliphatic carboxylic acids is 1. The number of carbonyl (C=O) groups is 2. The molecule has 1 unspecified atom stereocenters. The van der Waals surface area contributed by atoms with E-state index in [1.54, 1.807) is 20.8 Å². The molecule has 0 heterocycles. The van der Waals surface area contributed by atoms with Crippen molar-refractivity contribution in [2.75, 3.05) is 20.6 Å². The number of likely N-dealkylation sites (N-methyl/N-ethyl adjacent to an activating group) is 1. The molecule has 0 bridgehead atoms. The summed E-state index contributed by atoms with van der Waals surface area (Å²) in [5.74, 6) is -2.45. The van der Waals surface area contributed by atoms with Crippen molar-refractivity contribution in [3.8, 4) is 0 Å². The van der Waals surface area contributed by atoms with Gasteiger partial charge in [0, 0.05) is 12.1 Å². The van der Waals surface area contributed by atoms with E-state index in [2.05, 4.69) is 10.2 Å². The van der Waals surface area contributed by atoms with Crippen molar-refractivity contribution in [1.82, 2.24) is 10.2 Å². The molecule has 1 amide bonds.